The van der Waals surface area contributed by atoms with Crippen molar-refractivity contribution in [1.82, 2.24) is 0 Å². The summed E-state index contributed by atoms with van der Waals surface area (Å²) in [5.41, 5.74) is 5.47. The summed E-state index contributed by atoms with van der Waals surface area (Å²) in [5, 5.41) is 2.16. The minimum atomic E-state index is 0.0477. The van der Waals surface area contributed by atoms with Gasteiger partial charge in [-0.2, -0.15) is 0 Å². The van der Waals surface area contributed by atoms with E-state index >= 15 is 0 Å². The van der Waals surface area contributed by atoms with Crippen molar-refractivity contribution in [2.45, 2.75) is 0 Å². The number of hydrogen-bond acceptors (Lipinski definition) is 2. The molecule has 2 nitrogen and oxygen atoms in total. The van der Waals surface area contributed by atoms with Crippen molar-refractivity contribution in [3.05, 3.63) is 142 Å². The van der Waals surface area contributed by atoms with Crippen molar-refractivity contribution in [3.63, 3.8) is 0 Å². The maximum atomic E-state index is 12.0. The van der Waals surface area contributed by atoms with Crippen LogP contribution in [-0.2, 0) is 0 Å². The van der Waals surface area contributed by atoms with Crippen molar-refractivity contribution < 1.29 is 9.59 Å². The zero-order chi connectivity index (χ0) is 21.9. The molecular weight excluding hydrogens is 392 g/mol. The van der Waals surface area contributed by atoms with Crippen molar-refractivity contribution in [2.75, 3.05) is 0 Å². The molecule has 3 aromatic carbocycles. The Kier molecular flexibility index (Phi) is 5.19. The van der Waals surface area contributed by atoms with Gasteiger partial charge in [0.25, 0.3) is 0 Å². The lowest BCUT2D eigenvalue weighted by atomic mass is 9.91. The van der Waals surface area contributed by atoms with Gasteiger partial charge in [0.1, 0.15) is 0 Å². The highest BCUT2D eigenvalue weighted by atomic mass is 16.1. The van der Waals surface area contributed by atoms with E-state index in [9.17, 15) is 9.59 Å². The third kappa shape index (κ3) is 3.86. The van der Waals surface area contributed by atoms with Crippen LogP contribution in [0, 0.1) is 0 Å². The summed E-state index contributed by atoms with van der Waals surface area (Å²) >= 11 is 0. The summed E-state index contributed by atoms with van der Waals surface area (Å²) in [4.78, 5) is 24.1. The minimum Gasteiger partial charge on any atom is -0.289 e. The molecule has 0 heterocycles. The number of benzene rings is 3. The molecule has 0 aromatic heterocycles. The van der Waals surface area contributed by atoms with Crippen LogP contribution in [-0.4, -0.2) is 11.6 Å². The van der Waals surface area contributed by atoms with E-state index in [2.05, 4.69) is 36.4 Å². The van der Waals surface area contributed by atoms with Gasteiger partial charge in [0.05, 0.1) is 0 Å². The minimum absolute atomic E-state index is 0.0477. The molecule has 0 saturated carbocycles. The Balaban J connectivity index is 1.43. The molecule has 0 radical (unpaired) electrons. The largest absolute Gasteiger partial charge is 0.289 e. The average Bonchev–Trinajstić information content (AvgIpc) is 2.84. The molecule has 0 bridgehead atoms. The van der Waals surface area contributed by atoms with Gasteiger partial charge in [-0.05, 0) is 44.9 Å². The van der Waals surface area contributed by atoms with E-state index in [-0.39, 0.29) is 11.6 Å². The van der Waals surface area contributed by atoms with Crippen LogP contribution in [0.3, 0.4) is 0 Å². The summed E-state index contributed by atoms with van der Waals surface area (Å²) in [7, 11) is 0. The van der Waals surface area contributed by atoms with Gasteiger partial charge in [0.15, 0.2) is 11.6 Å². The molecule has 0 amide bonds. The fourth-order valence-electron chi connectivity index (χ4n) is 3.97. The van der Waals surface area contributed by atoms with E-state index in [0.29, 0.717) is 0 Å². The number of hydrogen-bond donors (Lipinski definition) is 0. The predicted molar refractivity (Wildman–Crippen MR) is 130 cm³/mol. The van der Waals surface area contributed by atoms with E-state index in [1.54, 1.807) is 12.2 Å². The molecule has 0 saturated heterocycles. The Labute approximate surface area is 186 Å². The summed E-state index contributed by atoms with van der Waals surface area (Å²) < 4.78 is 0. The molecule has 5 rings (SSSR count). The highest BCUT2D eigenvalue weighted by molar-refractivity contribution is 6.13. The maximum absolute atomic E-state index is 12.0. The lowest BCUT2D eigenvalue weighted by Crippen LogP contribution is -2.07. The fraction of sp³-hybridized carbons (Fsp3) is 0. The average molecular weight is 412 g/mol. The van der Waals surface area contributed by atoms with Gasteiger partial charge in [0, 0.05) is 11.1 Å². The second kappa shape index (κ2) is 8.44. The molecule has 2 heteroatoms. The van der Waals surface area contributed by atoms with Gasteiger partial charge in [-0.25, -0.2) is 0 Å². The Morgan fingerprint density at radius 1 is 0.406 bits per heavy atom. The highest BCUT2D eigenvalue weighted by Crippen LogP contribution is 2.26. The van der Waals surface area contributed by atoms with E-state index in [1.807, 2.05) is 72.8 Å². The summed E-state index contributed by atoms with van der Waals surface area (Å²) in [5.74, 6) is 0.0955. The van der Waals surface area contributed by atoms with Crippen molar-refractivity contribution >= 4 is 34.9 Å². The number of allylic oxidation sites excluding steroid dienone is 8. The van der Waals surface area contributed by atoms with Crippen LogP contribution in [0.4, 0.5) is 0 Å². The van der Waals surface area contributed by atoms with E-state index in [4.69, 9.17) is 0 Å². The quantitative estimate of drug-likeness (QED) is 0.599. The first-order valence-corrected chi connectivity index (χ1v) is 10.5. The van der Waals surface area contributed by atoms with Crippen LogP contribution in [0.2, 0.25) is 0 Å². The Hall–Kier alpha value is -4.30. The molecule has 152 valence electrons. The second-order valence-electron chi connectivity index (χ2n) is 7.73. The molecule has 0 fully saturated rings. The second-order valence-corrected chi connectivity index (χ2v) is 7.73. The van der Waals surface area contributed by atoms with Crippen molar-refractivity contribution in [3.8, 4) is 0 Å². The molecule has 3 aromatic rings. The van der Waals surface area contributed by atoms with E-state index in [1.165, 1.54) is 0 Å². The zero-order valence-electron chi connectivity index (χ0n) is 17.4. The van der Waals surface area contributed by atoms with Gasteiger partial charge in [-0.1, -0.05) is 109 Å². The van der Waals surface area contributed by atoms with Crippen molar-refractivity contribution in [2.24, 2.45) is 0 Å². The first-order chi connectivity index (χ1) is 15.7. The van der Waals surface area contributed by atoms with Crippen LogP contribution in [0.15, 0.2) is 109 Å². The highest BCUT2D eigenvalue weighted by Gasteiger charge is 2.15. The predicted octanol–water partition coefficient (Wildman–Crippen LogP) is 4.92. The molecule has 0 atom stereocenters. The monoisotopic (exact) mass is 412 g/mol. The molecule has 32 heavy (non-hydrogen) atoms. The van der Waals surface area contributed by atoms with Gasteiger partial charge in [-0.3, -0.25) is 9.59 Å². The molecule has 0 unspecified atom stereocenters. The van der Waals surface area contributed by atoms with Crippen LogP contribution in [0.25, 0.3) is 23.3 Å². The third-order valence-corrected chi connectivity index (χ3v) is 5.68. The van der Waals surface area contributed by atoms with Crippen LogP contribution < -0.4 is 10.4 Å². The van der Waals surface area contributed by atoms with Gasteiger partial charge in [-0.15, -0.1) is 0 Å². The molecule has 2 aliphatic rings. The van der Waals surface area contributed by atoms with Crippen LogP contribution in [0.5, 0.6) is 0 Å². The Morgan fingerprint density at radius 2 is 0.781 bits per heavy atom. The first-order valence-electron chi connectivity index (χ1n) is 10.5. The third-order valence-electron chi connectivity index (χ3n) is 5.68. The van der Waals surface area contributed by atoms with Crippen molar-refractivity contribution in [1.29, 1.82) is 0 Å². The van der Waals surface area contributed by atoms with Gasteiger partial charge >= 0.3 is 0 Å². The molecule has 0 spiro atoms. The zero-order valence-corrected chi connectivity index (χ0v) is 17.4. The summed E-state index contributed by atoms with van der Waals surface area (Å²) in [6, 6.07) is 23.6. The number of carbonyl (C=O) groups is 2. The van der Waals surface area contributed by atoms with Crippen LogP contribution in [0.1, 0.15) is 31.8 Å². The van der Waals surface area contributed by atoms with Gasteiger partial charge < -0.3 is 0 Å². The maximum Gasteiger partial charge on any atom is 0.186 e. The standard InChI is InChI=1S/C30H20O2/c31-29-19-17-23(25-5-1-3-7-27(25)29)15-13-21-9-11-22(12-10-21)14-16-24-18-20-30(32)28-8-4-2-6-26(24)28/h1-20H/b21-13?,22-14?,23-15+,24-16+. The van der Waals surface area contributed by atoms with E-state index in [0.717, 1.165) is 43.8 Å². The van der Waals surface area contributed by atoms with Crippen LogP contribution >= 0.6 is 0 Å². The summed E-state index contributed by atoms with van der Waals surface area (Å²) in [6.07, 6.45) is 15.2. The van der Waals surface area contributed by atoms with E-state index < -0.39 is 0 Å². The Morgan fingerprint density at radius 3 is 1.19 bits per heavy atom. The molecular formula is C30H20O2. The number of carbonyl (C=O) groups excluding carboxylic acids is 2. The smallest absolute Gasteiger partial charge is 0.186 e. The number of rotatable bonds is 2. The lowest BCUT2D eigenvalue weighted by molar-refractivity contribution is 0.103. The summed E-state index contributed by atoms with van der Waals surface area (Å²) in [6.45, 7) is 0. The molecule has 0 N–H and O–H groups in total. The number of ketones is 2. The van der Waals surface area contributed by atoms with Gasteiger partial charge in [0.2, 0.25) is 0 Å². The fourth-order valence-corrected chi connectivity index (χ4v) is 3.97. The first kappa shape index (κ1) is 19.7. The molecule has 2 aliphatic carbocycles. The SMILES string of the molecule is O=C1C=C/C(=C\C=c2ccc(=C/C=C3\C=CC(=O)c4ccccc43)cc2)c2ccccc21. The topological polar surface area (TPSA) is 34.1 Å². The Bertz CT molecular complexity index is 1360. The number of fused-ring (bicyclic) bond motifs is 2. The lowest BCUT2D eigenvalue weighted by Gasteiger charge is -2.12. The normalized spacial score (nSPS) is 16.8. The molecule has 0 aliphatic heterocycles.